The van der Waals surface area contributed by atoms with Gasteiger partial charge in [-0.05, 0) is 31.5 Å². The van der Waals surface area contributed by atoms with Gasteiger partial charge in [0.25, 0.3) is 0 Å². The van der Waals surface area contributed by atoms with E-state index in [0.29, 0.717) is 23.4 Å². The second-order valence-electron chi connectivity index (χ2n) is 9.15. The van der Waals surface area contributed by atoms with Crippen LogP contribution in [0.25, 0.3) is 22.1 Å². The largest absolute Gasteiger partial charge is 0.396 e. The van der Waals surface area contributed by atoms with Crippen LogP contribution in [0.1, 0.15) is 18.9 Å². The predicted molar refractivity (Wildman–Crippen MR) is 127 cm³/mol. The van der Waals surface area contributed by atoms with E-state index in [2.05, 4.69) is 36.2 Å². The fourth-order valence-corrected chi connectivity index (χ4v) is 5.37. The lowest BCUT2D eigenvalue weighted by molar-refractivity contribution is -0.00370. The van der Waals surface area contributed by atoms with Crippen molar-refractivity contribution in [3.05, 3.63) is 49.2 Å². The molecule has 0 amide bonds. The van der Waals surface area contributed by atoms with Crippen LogP contribution in [0.2, 0.25) is 0 Å². The van der Waals surface area contributed by atoms with E-state index < -0.39 is 18.2 Å². The van der Waals surface area contributed by atoms with Crippen LogP contribution in [0, 0.1) is 5.92 Å². The van der Waals surface area contributed by atoms with Gasteiger partial charge in [-0.1, -0.05) is 18.2 Å². The Bertz CT molecular complexity index is 1320. The quantitative estimate of drug-likeness (QED) is 0.345. The average Bonchev–Trinajstić information content (AvgIpc) is 3.60. The summed E-state index contributed by atoms with van der Waals surface area (Å²) in [5.74, 6) is 0.296. The molecule has 1 aliphatic heterocycles. The first-order valence-electron chi connectivity index (χ1n) is 11.6. The number of para-hydroxylation sites is 1. The van der Waals surface area contributed by atoms with Crippen molar-refractivity contribution in [2.75, 3.05) is 24.6 Å². The molecule has 4 N–H and O–H groups in total. The molecule has 0 spiro atoms. The van der Waals surface area contributed by atoms with Crippen LogP contribution in [0.15, 0.2) is 49.2 Å². The molecule has 3 aromatic heterocycles. The number of hydrogen-bond acceptors (Lipinski definition) is 9. The van der Waals surface area contributed by atoms with Crippen molar-refractivity contribution in [2.45, 2.75) is 37.1 Å². The number of benzene rings is 1. The third-order valence-corrected chi connectivity index (χ3v) is 7.18. The van der Waals surface area contributed by atoms with Crippen molar-refractivity contribution < 1.29 is 15.3 Å². The Hall–Kier alpha value is -3.18. The molecule has 4 heterocycles. The number of rotatable bonds is 5. The van der Waals surface area contributed by atoms with Crippen LogP contribution in [0.3, 0.4) is 0 Å². The Morgan fingerprint density at radius 3 is 2.76 bits per heavy atom. The molecule has 0 radical (unpaired) electrons. The second kappa shape index (κ2) is 8.55. The molecule has 0 bridgehead atoms. The van der Waals surface area contributed by atoms with E-state index in [-0.39, 0.29) is 18.6 Å². The Labute approximate surface area is 195 Å². The summed E-state index contributed by atoms with van der Waals surface area (Å²) in [7, 11) is 0. The summed E-state index contributed by atoms with van der Waals surface area (Å²) in [5, 5.41) is 35.0. The monoisotopic (exact) mass is 461 g/mol. The van der Waals surface area contributed by atoms with Crippen molar-refractivity contribution in [1.29, 1.82) is 0 Å². The van der Waals surface area contributed by atoms with Crippen LogP contribution in [0.4, 0.5) is 11.5 Å². The van der Waals surface area contributed by atoms with Crippen molar-refractivity contribution in [3.8, 4) is 0 Å². The first-order chi connectivity index (χ1) is 16.7. The van der Waals surface area contributed by atoms with Crippen molar-refractivity contribution in [3.63, 3.8) is 0 Å². The summed E-state index contributed by atoms with van der Waals surface area (Å²) in [6.45, 7) is 1.54. The van der Waals surface area contributed by atoms with Gasteiger partial charge in [0.2, 0.25) is 0 Å². The fraction of sp³-hybridized carbons (Fsp3) is 0.417. The Morgan fingerprint density at radius 1 is 1.09 bits per heavy atom. The molecule has 1 saturated heterocycles. The molecule has 1 aromatic carbocycles. The molecule has 10 heteroatoms. The molecular weight excluding hydrogens is 434 g/mol. The first-order valence-corrected chi connectivity index (χ1v) is 11.6. The molecule has 2 fully saturated rings. The standard InChI is InChI=1S/C24H27N7O3/c32-11-15-8-19(22(34)21(15)33)30-13-29-20-23(30)27-12-28-24(20)31(16-5-6-25-9-16)17-7-14-3-1-2-4-18(14)26-10-17/h1-4,7,10,12-13,15-16,19,21-22,25,32-34H,5-6,8-9,11H2/t15-,16+,19-,21+,22-/m1/s1. The van der Waals surface area contributed by atoms with Gasteiger partial charge >= 0.3 is 0 Å². The van der Waals surface area contributed by atoms with Crippen LogP contribution >= 0.6 is 0 Å². The number of aliphatic hydroxyl groups excluding tert-OH is 3. The van der Waals surface area contributed by atoms with Gasteiger partial charge < -0.3 is 30.1 Å². The summed E-state index contributed by atoms with van der Waals surface area (Å²) in [4.78, 5) is 20.6. The maximum atomic E-state index is 10.6. The Kier molecular flexibility index (Phi) is 5.37. The molecule has 0 unspecified atom stereocenters. The van der Waals surface area contributed by atoms with Gasteiger partial charge in [-0.25, -0.2) is 15.0 Å². The minimum Gasteiger partial charge on any atom is -0.396 e. The second-order valence-corrected chi connectivity index (χ2v) is 9.15. The topological polar surface area (TPSA) is 132 Å². The lowest BCUT2D eigenvalue weighted by Gasteiger charge is -2.29. The number of aliphatic hydroxyl groups is 3. The van der Waals surface area contributed by atoms with Crippen molar-refractivity contribution in [2.24, 2.45) is 5.92 Å². The summed E-state index contributed by atoms with van der Waals surface area (Å²) in [5.41, 5.74) is 3.07. The number of pyridine rings is 1. The number of anilines is 2. The zero-order valence-corrected chi connectivity index (χ0v) is 18.6. The number of imidazole rings is 1. The van der Waals surface area contributed by atoms with E-state index in [1.807, 2.05) is 30.5 Å². The van der Waals surface area contributed by atoms with E-state index in [4.69, 9.17) is 0 Å². The SMILES string of the molecule is OC[C@H]1C[C@@H](n2cnc3c(N(c4cnc5ccccc5c4)[C@H]4CCNC4)ncnc32)[C@@H](O)[C@H]1O. The third kappa shape index (κ3) is 3.41. The maximum absolute atomic E-state index is 10.6. The molecule has 5 atom stereocenters. The van der Waals surface area contributed by atoms with Gasteiger partial charge in [-0.3, -0.25) is 4.98 Å². The first kappa shape index (κ1) is 21.4. The molecule has 10 nitrogen and oxygen atoms in total. The average molecular weight is 462 g/mol. The number of aromatic nitrogens is 5. The minimum atomic E-state index is -1.01. The number of nitrogens with zero attached hydrogens (tertiary/aromatic N) is 6. The predicted octanol–water partition coefficient (Wildman–Crippen LogP) is 1.15. The molecule has 1 saturated carbocycles. The maximum Gasteiger partial charge on any atom is 0.165 e. The van der Waals surface area contributed by atoms with Crippen molar-refractivity contribution in [1.82, 2.24) is 29.8 Å². The summed E-state index contributed by atoms with van der Waals surface area (Å²) in [6, 6.07) is 9.88. The molecule has 34 heavy (non-hydrogen) atoms. The van der Waals surface area contributed by atoms with Crippen molar-refractivity contribution >= 4 is 33.6 Å². The molecule has 4 aromatic rings. The zero-order chi connectivity index (χ0) is 23.2. The van der Waals surface area contributed by atoms with Gasteiger partial charge in [0.1, 0.15) is 12.4 Å². The Morgan fingerprint density at radius 2 is 1.97 bits per heavy atom. The highest BCUT2D eigenvalue weighted by Crippen LogP contribution is 2.39. The van der Waals surface area contributed by atoms with E-state index >= 15 is 0 Å². The van der Waals surface area contributed by atoms with Gasteiger partial charge in [0.15, 0.2) is 17.0 Å². The lowest BCUT2D eigenvalue weighted by Crippen LogP contribution is -2.34. The third-order valence-electron chi connectivity index (χ3n) is 7.18. The number of hydrogen-bond donors (Lipinski definition) is 4. The van der Waals surface area contributed by atoms with Gasteiger partial charge in [0.05, 0.1) is 35.9 Å². The van der Waals surface area contributed by atoms with Crippen LogP contribution in [-0.4, -0.2) is 77.8 Å². The van der Waals surface area contributed by atoms with Gasteiger partial charge in [0, 0.05) is 30.5 Å². The normalized spacial score (nSPS) is 27.1. The van der Waals surface area contributed by atoms with E-state index in [1.165, 1.54) is 6.33 Å². The van der Waals surface area contributed by atoms with Gasteiger partial charge in [-0.15, -0.1) is 0 Å². The molecule has 1 aliphatic carbocycles. The van der Waals surface area contributed by atoms with Crippen LogP contribution < -0.4 is 10.2 Å². The highest BCUT2D eigenvalue weighted by atomic mass is 16.3. The molecule has 176 valence electrons. The molecule has 2 aliphatic rings. The fourth-order valence-electron chi connectivity index (χ4n) is 5.37. The molecule has 6 rings (SSSR count). The van der Waals surface area contributed by atoms with Crippen LogP contribution in [-0.2, 0) is 0 Å². The lowest BCUT2D eigenvalue weighted by atomic mass is 10.1. The van der Waals surface area contributed by atoms with E-state index in [1.54, 1.807) is 10.9 Å². The smallest absolute Gasteiger partial charge is 0.165 e. The summed E-state index contributed by atoms with van der Waals surface area (Å²) >= 11 is 0. The summed E-state index contributed by atoms with van der Waals surface area (Å²) in [6.07, 6.45) is 4.42. The molecular formula is C24H27N7O3. The highest BCUT2D eigenvalue weighted by molar-refractivity contribution is 5.89. The van der Waals surface area contributed by atoms with E-state index in [0.717, 1.165) is 36.1 Å². The van der Waals surface area contributed by atoms with Crippen LogP contribution in [0.5, 0.6) is 0 Å². The highest BCUT2D eigenvalue weighted by Gasteiger charge is 2.43. The number of nitrogens with one attached hydrogen (secondary N) is 1. The minimum absolute atomic E-state index is 0.170. The zero-order valence-electron chi connectivity index (χ0n) is 18.6. The summed E-state index contributed by atoms with van der Waals surface area (Å²) < 4.78 is 1.80. The number of fused-ring (bicyclic) bond motifs is 2. The Balaban J connectivity index is 1.46. The van der Waals surface area contributed by atoms with E-state index in [9.17, 15) is 15.3 Å². The van der Waals surface area contributed by atoms with Gasteiger partial charge in [-0.2, -0.15) is 0 Å².